The highest BCUT2D eigenvalue weighted by Crippen LogP contribution is 2.36. The van der Waals surface area contributed by atoms with Crippen LogP contribution in [0.5, 0.6) is 5.75 Å². The van der Waals surface area contributed by atoms with E-state index in [2.05, 4.69) is 13.0 Å². The Morgan fingerprint density at radius 2 is 1.62 bits per heavy atom. The van der Waals surface area contributed by atoms with E-state index < -0.39 is 0 Å². The number of fused-ring (bicyclic) bond motifs is 1. The molecule has 21 heavy (non-hydrogen) atoms. The average Bonchev–Trinajstić information content (AvgIpc) is 2.53. The Kier molecular flexibility index (Phi) is 4.87. The third-order valence-corrected chi connectivity index (χ3v) is 6.05. The SMILES string of the molecule is CCC1CCC(CCC2CCc3cc(O)ccc3C2)CC1. The molecular formula is C20H30O. The number of aromatic hydroxyl groups is 1. The third kappa shape index (κ3) is 3.81. The standard InChI is InChI=1S/C20H30O/c1-2-15-3-5-16(6-4-15)7-8-17-9-10-19-14-20(21)12-11-18(19)13-17/h11-12,14-17,21H,2-10,13H2,1H3. The first-order valence-corrected chi connectivity index (χ1v) is 9.05. The Morgan fingerprint density at radius 1 is 0.905 bits per heavy atom. The lowest BCUT2D eigenvalue weighted by atomic mass is 9.76. The zero-order valence-corrected chi connectivity index (χ0v) is 13.5. The minimum atomic E-state index is 0.430. The van der Waals surface area contributed by atoms with Crippen molar-refractivity contribution >= 4 is 0 Å². The van der Waals surface area contributed by atoms with Crippen LogP contribution < -0.4 is 0 Å². The summed E-state index contributed by atoms with van der Waals surface area (Å²) in [6, 6.07) is 5.97. The minimum Gasteiger partial charge on any atom is -0.508 e. The van der Waals surface area contributed by atoms with Crippen molar-refractivity contribution in [2.24, 2.45) is 17.8 Å². The summed E-state index contributed by atoms with van der Waals surface area (Å²) in [4.78, 5) is 0. The summed E-state index contributed by atoms with van der Waals surface area (Å²) in [7, 11) is 0. The van der Waals surface area contributed by atoms with Crippen LogP contribution in [0, 0.1) is 17.8 Å². The first kappa shape index (κ1) is 14.9. The Bertz CT molecular complexity index is 457. The van der Waals surface area contributed by atoms with Gasteiger partial charge in [-0.15, -0.1) is 0 Å². The molecule has 0 aliphatic heterocycles. The lowest BCUT2D eigenvalue weighted by Crippen LogP contribution is -2.18. The first-order chi connectivity index (χ1) is 10.2. The van der Waals surface area contributed by atoms with Gasteiger partial charge in [0.15, 0.2) is 0 Å². The molecule has 1 aromatic carbocycles. The van der Waals surface area contributed by atoms with Crippen LogP contribution in [-0.2, 0) is 12.8 Å². The molecule has 2 aliphatic carbocycles. The van der Waals surface area contributed by atoms with E-state index in [1.807, 2.05) is 12.1 Å². The molecule has 1 N–H and O–H groups in total. The molecule has 1 unspecified atom stereocenters. The van der Waals surface area contributed by atoms with Gasteiger partial charge in [0.2, 0.25) is 0 Å². The van der Waals surface area contributed by atoms with Gasteiger partial charge in [-0.3, -0.25) is 0 Å². The topological polar surface area (TPSA) is 20.2 Å². The summed E-state index contributed by atoms with van der Waals surface area (Å²) in [5, 5.41) is 9.57. The zero-order chi connectivity index (χ0) is 14.7. The molecule has 0 saturated heterocycles. The summed E-state index contributed by atoms with van der Waals surface area (Å²) >= 11 is 0. The van der Waals surface area contributed by atoms with Gasteiger partial charge in [0.25, 0.3) is 0 Å². The summed E-state index contributed by atoms with van der Waals surface area (Å²) < 4.78 is 0. The van der Waals surface area contributed by atoms with E-state index in [0.717, 1.165) is 24.2 Å². The molecule has 1 aromatic rings. The van der Waals surface area contributed by atoms with Crippen molar-refractivity contribution in [2.75, 3.05) is 0 Å². The monoisotopic (exact) mass is 286 g/mol. The predicted molar refractivity (Wildman–Crippen MR) is 88.6 cm³/mol. The molecule has 2 aliphatic rings. The molecule has 1 nitrogen and oxygen atoms in total. The highest BCUT2D eigenvalue weighted by atomic mass is 16.3. The van der Waals surface area contributed by atoms with E-state index in [1.165, 1.54) is 68.9 Å². The number of rotatable bonds is 4. The lowest BCUT2D eigenvalue weighted by molar-refractivity contribution is 0.241. The Labute approximate surface area is 129 Å². The molecule has 1 fully saturated rings. The second-order valence-corrected chi connectivity index (χ2v) is 7.43. The minimum absolute atomic E-state index is 0.430. The molecule has 3 rings (SSSR count). The number of phenols is 1. The van der Waals surface area contributed by atoms with Gasteiger partial charge in [-0.25, -0.2) is 0 Å². The van der Waals surface area contributed by atoms with Gasteiger partial charge in [-0.05, 0) is 66.7 Å². The summed E-state index contributed by atoms with van der Waals surface area (Å²) in [5.74, 6) is 3.34. The van der Waals surface area contributed by atoms with Crippen LogP contribution in [0.3, 0.4) is 0 Å². The molecule has 0 radical (unpaired) electrons. The van der Waals surface area contributed by atoms with Gasteiger partial charge < -0.3 is 5.11 Å². The molecule has 0 spiro atoms. The number of hydrogen-bond acceptors (Lipinski definition) is 1. The van der Waals surface area contributed by atoms with Crippen molar-refractivity contribution in [3.63, 3.8) is 0 Å². The quantitative estimate of drug-likeness (QED) is 0.775. The maximum Gasteiger partial charge on any atom is 0.115 e. The molecule has 1 saturated carbocycles. The van der Waals surface area contributed by atoms with Crippen LogP contribution in [0.1, 0.15) is 69.4 Å². The maximum atomic E-state index is 9.57. The van der Waals surface area contributed by atoms with Crippen molar-refractivity contribution in [3.05, 3.63) is 29.3 Å². The second kappa shape index (κ2) is 6.85. The summed E-state index contributed by atoms with van der Waals surface area (Å²) in [6.07, 6.45) is 13.9. The van der Waals surface area contributed by atoms with E-state index in [4.69, 9.17) is 0 Å². The number of aryl methyl sites for hydroxylation is 1. The summed E-state index contributed by atoms with van der Waals surface area (Å²) in [5.41, 5.74) is 2.87. The predicted octanol–water partition coefficient (Wildman–Crippen LogP) is 5.49. The van der Waals surface area contributed by atoms with Crippen molar-refractivity contribution in [1.82, 2.24) is 0 Å². The third-order valence-electron chi connectivity index (χ3n) is 6.05. The van der Waals surface area contributed by atoms with Crippen LogP contribution in [0.15, 0.2) is 18.2 Å². The molecule has 1 atom stereocenters. The van der Waals surface area contributed by atoms with Crippen LogP contribution in [0.2, 0.25) is 0 Å². The highest BCUT2D eigenvalue weighted by Gasteiger charge is 2.23. The Morgan fingerprint density at radius 3 is 2.38 bits per heavy atom. The van der Waals surface area contributed by atoms with Gasteiger partial charge in [-0.2, -0.15) is 0 Å². The van der Waals surface area contributed by atoms with Crippen molar-refractivity contribution in [3.8, 4) is 5.75 Å². The fraction of sp³-hybridized carbons (Fsp3) is 0.700. The van der Waals surface area contributed by atoms with E-state index in [1.54, 1.807) is 0 Å². The fourth-order valence-corrected chi connectivity index (χ4v) is 4.46. The average molecular weight is 286 g/mol. The van der Waals surface area contributed by atoms with Gasteiger partial charge in [0.1, 0.15) is 5.75 Å². The first-order valence-electron chi connectivity index (χ1n) is 9.05. The maximum absolute atomic E-state index is 9.57. The molecule has 0 aromatic heterocycles. The van der Waals surface area contributed by atoms with Crippen molar-refractivity contribution in [1.29, 1.82) is 0 Å². The molecule has 0 heterocycles. The van der Waals surface area contributed by atoms with Crippen LogP contribution in [0.25, 0.3) is 0 Å². The summed E-state index contributed by atoms with van der Waals surface area (Å²) in [6.45, 7) is 2.35. The van der Waals surface area contributed by atoms with E-state index in [0.29, 0.717) is 5.75 Å². The lowest BCUT2D eigenvalue weighted by Gasteiger charge is -2.30. The van der Waals surface area contributed by atoms with E-state index in [9.17, 15) is 5.11 Å². The number of hydrogen-bond donors (Lipinski definition) is 1. The Balaban J connectivity index is 1.46. The van der Waals surface area contributed by atoms with Gasteiger partial charge in [0, 0.05) is 0 Å². The smallest absolute Gasteiger partial charge is 0.115 e. The number of phenolic OH excluding ortho intramolecular Hbond substituents is 1. The van der Waals surface area contributed by atoms with E-state index in [-0.39, 0.29) is 0 Å². The second-order valence-electron chi connectivity index (χ2n) is 7.43. The van der Waals surface area contributed by atoms with Crippen molar-refractivity contribution in [2.45, 2.75) is 71.1 Å². The molecule has 0 bridgehead atoms. The van der Waals surface area contributed by atoms with Crippen molar-refractivity contribution < 1.29 is 5.11 Å². The van der Waals surface area contributed by atoms with Crippen LogP contribution in [-0.4, -0.2) is 5.11 Å². The fourth-order valence-electron chi connectivity index (χ4n) is 4.46. The molecular weight excluding hydrogens is 256 g/mol. The zero-order valence-electron chi connectivity index (χ0n) is 13.5. The van der Waals surface area contributed by atoms with E-state index >= 15 is 0 Å². The largest absolute Gasteiger partial charge is 0.508 e. The van der Waals surface area contributed by atoms with Crippen LogP contribution >= 0.6 is 0 Å². The Hall–Kier alpha value is -0.980. The van der Waals surface area contributed by atoms with Crippen LogP contribution in [0.4, 0.5) is 0 Å². The van der Waals surface area contributed by atoms with Gasteiger partial charge >= 0.3 is 0 Å². The highest BCUT2D eigenvalue weighted by molar-refractivity contribution is 5.36. The molecule has 0 amide bonds. The van der Waals surface area contributed by atoms with Gasteiger partial charge in [-0.1, -0.05) is 51.5 Å². The normalized spacial score (nSPS) is 29.1. The molecule has 1 heteroatoms. The number of benzene rings is 1. The molecule has 116 valence electrons. The van der Waals surface area contributed by atoms with Gasteiger partial charge in [0.05, 0.1) is 0 Å².